The maximum Gasteiger partial charge on any atom is 0.178 e. The molecule has 1 aromatic rings. The largest absolute Gasteiger partial charge is 0.484 e. The summed E-state index contributed by atoms with van der Waals surface area (Å²) in [6, 6.07) is 5.19. The van der Waals surface area contributed by atoms with E-state index in [2.05, 4.69) is 10.2 Å². The van der Waals surface area contributed by atoms with Crippen molar-refractivity contribution in [2.45, 2.75) is 25.9 Å². The molecule has 0 saturated carbocycles. The summed E-state index contributed by atoms with van der Waals surface area (Å²) < 4.78 is 19.5. The lowest BCUT2D eigenvalue weighted by atomic mass is 9.98. The molecule has 3 nitrogen and oxygen atoms in total. The fraction of sp³-hybridized carbons (Fsp3) is 0.600. The number of para-hydroxylation sites is 1. The van der Waals surface area contributed by atoms with Crippen LogP contribution in [0.4, 0.5) is 10.1 Å². The highest BCUT2D eigenvalue weighted by atomic mass is 19.1. The van der Waals surface area contributed by atoms with Crippen molar-refractivity contribution in [2.24, 2.45) is 5.92 Å². The van der Waals surface area contributed by atoms with Gasteiger partial charge >= 0.3 is 0 Å². The summed E-state index contributed by atoms with van der Waals surface area (Å²) in [6.07, 6.45) is 2.53. The first kappa shape index (κ1) is 12.7. The Kier molecular flexibility index (Phi) is 3.60. The average Bonchev–Trinajstić information content (AvgIpc) is 2.41. The number of anilines is 1. The van der Waals surface area contributed by atoms with Crippen molar-refractivity contribution in [3.63, 3.8) is 0 Å². The van der Waals surface area contributed by atoms with Gasteiger partial charge in [0.25, 0.3) is 0 Å². The van der Waals surface area contributed by atoms with Gasteiger partial charge in [0.1, 0.15) is 6.10 Å². The predicted molar refractivity (Wildman–Crippen MR) is 74.3 cm³/mol. The Hall–Kier alpha value is -1.29. The van der Waals surface area contributed by atoms with Gasteiger partial charge in [0.2, 0.25) is 0 Å². The normalized spacial score (nSPS) is 26.7. The molecule has 2 aliphatic rings. The van der Waals surface area contributed by atoms with Gasteiger partial charge in [0, 0.05) is 6.54 Å². The number of nitrogens with zero attached hydrogens (tertiary/aromatic N) is 1. The monoisotopic (exact) mass is 264 g/mol. The Morgan fingerprint density at radius 3 is 3.16 bits per heavy atom. The summed E-state index contributed by atoms with van der Waals surface area (Å²) in [5, 5.41) is 3.44. The molecule has 0 radical (unpaired) electrons. The quantitative estimate of drug-likeness (QED) is 0.888. The Labute approximate surface area is 113 Å². The zero-order chi connectivity index (χ0) is 13.2. The van der Waals surface area contributed by atoms with Crippen molar-refractivity contribution in [3.05, 3.63) is 24.0 Å². The number of piperidine rings is 1. The Bertz CT molecular complexity index is 446. The molecule has 4 heteroatoms. The zero-order valence-electron chi connectivity index (χ0n) is 11.4. The molecule has 2 aliphatic heterocycles. The molecule has 0 amide bonds. The fourth-order valence-electron chi connectivity index (χ4n) is 3.07. The molecule has 2 unspecified atom stereocenters. The maximum absolute atomic E-state index is 13.8. The highest BCUT2D eigenvalue weighted by Crippen LogP contribution is 2.36. The van der Waals surface area contributed by atoms with Crippen LogP contribution in [0.25, 0.3) is 0 Å². The second kappa shape index (κ2) is 5.37. The van der Waals surface area contributed by atoms with Crippen LogP contribution in [0.15, 0.2) is 18.2 Å². The molecule has 1 fully saturated rings. The van der Waals surface area contributed by atoms with Crippen molar-refractivity contribution >= 4 is 5.69 Å². The van der Waals surface area contributed by atoms with Crippen molar-refractivity contribution in [1.82, 2.24) is 5.32 Å². The molecule has 2 heterocycles. The first-order valence-corrected chi connectivity index (χ1v) is 7.15. The highest BCUT2D eigenvalue weighted by molar-refractivity contribution is 5.60. The molecule has 1 saturated heterocycles. The number of hydrogen-bond acceptors (Lipinski definition) is 3. The number of fused-ring (bicyclic) bond motifs is 1. The van der Waals surface area contributed by atoms with Crippen LogP contribution in [0.1, 0.15) is 19.8 Å². The van der Waals surface area contributed by atoms with Crippen molar-refractivity contribution in [2.75, 3.05) is 31.1 Å². The van der Waals surface area contributed by atoms with Gasteiger partial charge in [-0.15, -0.1) is 0 Å². The van der Waals surface area contributed by atoms with E-state index in [-0.39, 0.29) is 11.9 Å². The SMILES string of the molecule is CC1CN(CC2CCCNC2)c2cccc(F)c2O1. The third-order valence-corrected chi connectivity index (χ3v) is 3.96. The second-order valence-corrected chi connectivity index (χ2v) is 5.63. The summed E-state index contributed by atoms with van der Waals surface area (Å²) >= 11 is 0. The molecule has 19 heavy (non-hydrogen) atoms. The maximum atomic E-state index is 13.8. The number of benzene rings is 1. The minimum atomic E-state index is -0.254. The van der Waals surface area contributed by atoms with Crippen LogP contribution in [0, 0.1) is 11.7 Å². The second-order valence-electron chi connectivity index (χ2n) is 5.63. The molecule has 104 valence electrons. The van der Waals surface area contributed by atoms with E-state index in [1.165, 1.54) is 18.9 Å². The summed E-state index contributed by atoms with van der Waals surface area (Å²) in [7, 11) is 0. The van der Waals surface area contributed by atoms with E-state index in [0.29, 0.717) is 11.7 Å². The average molecular weight is 264 g/mol. The van der Waals surface area contributed by atoms with Gasteiger partial charge in [0.05, 0.1) is 12.2 Å². The van der Waals surface area contributed by atoms with Crippen LogP contribution in [-0.2, 0) is 0 Å². The van der Waals surface area contributed by atoms with Crippen LogP contribution in [0.3, 0.4) is 0 Å². The smallest absolute Gasteiger partial charge is 0.178 e. The number of rotatable bonds is 2. The Morgan fingerprint density at radius 1 is 1.47 bits per heavy atom. The topological polar surface area (TPSA) is 24.5 Å². The van der Waals surface area contributed by atoms with E-state index >= 15 is 0 Å². The first-order chi connectivity index (χ1) is 9.24. The van der Waals surface area contributed by atoms with Crippen molar-refractivity contribution in [3.8, 4) is 5.75 Å². The molecule has 0 aliphatic carbocycles. The van der Waals surface area contributed by atoms with Gasteiger partial charge < -0.3 is 15.0 Å². The minimum Gasteiger partial charge on any atom is -0.484 e. The van der Waals surface area contributed by atoms with E-state index in [1.54, 1.807) is 6.07 Å². The molecule has 0 aromatic heterocycles. The van der Waals surface area contributed by atoms with Crippen LogP contribution >= 0.6 is 0 Å². The van der Waals surface area contributed by atoms with E-state index in [1.807, 2.05) is 13.0 Å². The van der Waals surface area contributed by atoms with Gasteiger partial charge in [-0.1, -0.05) is 6.07 Å². The van der Waals surface area contributed by atoms with Gasteiger partial charge in [0.15, 0.2) is 11.6 Å². The number of nitrogens with one attached hydrogen (secondary N) is 1. The molecule has 0 bridgehead atoms. The van der Waals surface area contributed by atoms with Crippen LogP contribution in [0.5, 0.6) is 5.75 Å². The Morgan fingerprint density at radius 2 is 2.37 bits per heavy atom. The van der Waals surface area contributed by atoms with Crippen LogP contribution in [0.2, 0.25) is 0 Å². The molecule has 2 atom stereocenters. The van der Waals surface area contributed by atoms with E-state index in [4.69, 9.17) is 4.74 Å². The summed E-state index contributed by atoms with van der Waals surface area (Å²) in [4.78, 5) is 2.28. The number of hydrogen-bond donors (Lipinski definition) is 1. The molecule has 0 spiro atoms. The lowest BCUT2D eigenvalue weighted by molar-refractivity contribution is 0.199. The van der Waals surface area contributed by atoms with Crippen LogP contribution < -0.4 is 15.0 Å². The molecule has 3 rings (SSSR count). The van der Waals surface area contributed by atoms with E-state index in [9.17, 15) is 4.39 Å². The summed E-state index contributed by atoms with van der Waals surface area (Å²) in [5.74, 6) is 0.816. The fourth-order valence-corrected chi connectivity index (χ4v) is 3.07. The molecular weight excluding hydrogens is 243 g/mol. The lowest BCUT2D eigenvalue weighted by Crippen LogP contribution is -2.44. The summed E-state index contributed by atoms with van der Waals surface area (Å²) in [5.41, 5.74) is 0.906. The lowest BCUT2D eigenvalue weighted by Gasteiger charge is -2.38. The highest BCUT2D eigenvalue weighted by Gasteiger charge is 2.27. The van der Waals surface area contributed by atoms with Crippen LogP contribution in [-0.4, -0.2) is 32.3 Å². The zero-order valence-corrected chi connectivity index (χ0v) is 11.4. The van der Waals surface area contributed by atoms with Gasteiger partial charge in [-0.05, 0) is 50.9 Å². The Balaban J connectivity index is 1.80. The van der Waals surface area contributed by atoms with Gasteiger partial charge in [-0.3, -0.25) is 0 Å². The molecule has 1 N–H and O–H groups in total. The summed E-state index contributed by atoms with van der Waals surface area (Å²) in [6.45, 7) is 6.02. The van der Waals surface area contributed by atoms with Crippen molar-refractivity contribution < 1.29 is 9.13 Å². The standard InChI is InChI=1S/C15H21FN2O/c1-11-9-18(10-12-4-3-7-17-8-12)14-6-2-5-13(16)15(14)19-11/h2,5-6,11-12,17H,3-4,7-10H2,1H3. The third-order valence-electron chi connectivity index (χ3n) is 3.96. The third kappa shape index (κ3) is 2.68. The first-order valence-electron chi connectivity index (χ1n) is 7.15. The minimum absolute atomic E-state index is 0.0425. The van der Waals surface area contributed by atoms with E-state index < -0.39 is 0 Å². The van der Waals surface area contributed by atoms with Gasteiger partial charge in [-0.2, -0.15) is 0 Å². The number of halogens is 1. The van der Waals surface area contributed by atoms with E-state index in [0.717, 1.165) is 31.9 Å². The molecular formula is C15H21FN2O. The predicted octanol–water partition coefficient (Wildman–Crippen LogP) is 2.41. The van der Waals surface area contributed by atoms with Crippen molar-refractivity contribution in [1.29, 1.82) is 0 Å². The molecule has 1 aromatic carbocycles. The van der Waals surface area contributed by atoms with Gasteiger partial charge in [-0.25, -0.2) is 4.39 Å². The number of ether oxygens (including phenoxy) is 1.